The van der Waals surface area contributed by atoms with Gasteiger partial charge in [-0.05, 0) is 24.7 Å². The zero-order valence-electron chi connectivity index (χ0n) is 18.2. The van der Waals surface area contributed by atoms with E-state index in [1.54, 1.807) is 0 Å². The van der Waals surface area contributed by atoms with Crippen LogP contribution in [0.3, 0.4) is 0 Å². The number of rotatable bonds is 14. The molecule has 1 aromatic rings. The van der Waals surface area contributed by atoms with Gasteiger partial charge in [-0.15, -0.1) is 0 Å². The average molecular weight is 413 g/mol. The van der Waals surface area contributed by atoms with Crippen molar-refractivity contribution >= 4 is 12.3 Å². The second kappa shape index (κ2) is 14.8. The molecule has 0 aliphatic carbocycles. The van der Waals surface area contributed by atoms with E-state index in [0.29, 0.717) is 25.0 Å². The molecule has 0 spiro atoms. The Morgan fingerprint density at radius 2 is 1.21 bits per heavy atom. The first kappa shape index (κ1) is 24.9. The highest BCUT2D eigenvalue weighted by Gasteiger charge is 2.17. The van der Waals surface area contributed by atoms with Crippen LogP contribution >= 0.6 is 0 Å². The third-order valence-corrected chi connectivity index (χ3v) is 4.88. The van der Waals surface area contributed by atoms with Crippen LogP contribution in [-0.2, 0) is 9.47 Å². The summed E-state index contributed by atoms with van der Waals surface area (Å²) in [4.78, 5) is 23.6. The first-order valence-electron chi connectivity index (χ1n) is 10.8. The van der Waals surface area contributed by atoms with Gasteiger partial charge in [0.1, 0.15) is 0 Å². The Labute approximate surface area is 174 Å². The van der Waals surface area contributed by atoms with Crippen LogP contribution in [0.2, 0.25) is 0 Å². The minimum absolute atomic E-state index is 0.103. The Morgan fingerprint density at radius 3 is 1.55 bits per heavy atom. The topological polar surface area (TPSA) is 84.2 Å². The van der Waals surface area contributed by atoms with E-state index in [2.05, 4.69) is 27.7 Å². The maximum absolute atomic E-state index is 11.8. The summed E-state index contributed by atoms with van der Waals surface area (Å²) in [5.41, 5.74) is 0. The molecule has 0 fully saturated rings. The maximum atomic E-state index is 11.8. The molecule has 0 bridgehead atoms. The number of hydrogen-bond donors (Lipinski definition) is 0. The molecule has 0 aromatic carbocycles. The number of ether oxygens (including phenoxy) is 4. The van der Waals surface area contributed by atoms with Crippen LogP contribution in [-0.4, -0.2) is 25.5 Å². The van der Waals surface area contributed by atoms with E-state index >= 15 is 0 Å². The fourth-order valence-electron chi connectivity index (χ4n) is 2.80. The van der Waals surface area contributed by atoms with Crippen LogP contribution in [0.1, 0.15) is 79.1 Å². The molecular weight excluding hydrogens is 376 g/mol. The third kappa shape index (κ3) is 10.8. The van der Waals surface area contributed by atoms with Crippen molar-refractivity contribution in [3.8, 4) is 11.9 Å². The molecule has 1 aromatic heterocycles. The van der Waals surface area contributed by atoms with Crippen LogP contribution in [0.15, 0.2) is 16.5 Å². The van der Waals surface area contributed by atoms with Crippen molar-refractivity contribution in [3.05, 3.63) is 12.1 Å². The summed E-state index contributed by atoms with van der Waals surface area (Å²) in [6.07, 6.45) is 6.63. The molecule has 2 unspecified atom stereocenters. The lowest BCUT2D eigenvalue weighted by Gasteiger charge is -2.14. The molecule has 0 saturated carbocycles. The lowest BCUT2D eigenvalue weighted by Crippen LogP contribution is -2.17. The van der Waals surface area contributed by atoms with Crippen molar-refractivity contribution in [1.29, 1.82) is 0 Å². The summed E-state index contributed by atoms with van der Waals surface area (Å²) in [6, 6.07) is 2.77. The summed E-state index contributed by atoms with van der Waals surface area (Å²) >= 11 is 0. The Balaban J connectivity index is 2.35. The monoisotopic (exact) mass is 412 g/mol. The fraction of sp³-hybridized carbons (Fsp3) is 0.727. The van der Waals surface area contributed by atoms with E-state index in [-0.39, 0.29) is 11.9 Å². The molecule has 0 aliphatic rings. The van der Waals surface area contributed by atoms with Gasteiger partial charge in [-0.1, -0.05) is 66.2 Å². The molecule has 0 aliphatic heterocycles. The fourth-order valence-corrected chi connectivity index (χ4v) is 2.80. The molecule has 0 N–H and O–H groups in total. The molecule has 0 amide bonds. The molecule has 2 atom stereocenters. The van der Waals surface area contributed by atoms with Crippen LogP contribution in [0.5, 0.6) is 11.9 Å². The van der Waals surface area contributed by atoms with Crippen molar-refractivity contribution in [2.75, 3.05) is 13.2 Å². The molecule has 0 saturated heterocycles. The average Bonchev–Trinajstić information content (AvgIpc) is 3.14. The van der Waals surface area contributed by atoms with Crippen molar-refractivity contribution in [3.63, 3.8) is 0 Å². The lowest BCUT2D eigenvalue weighted by molar-refractivity contribution is 0.0652. The highest BCUT2D eigenvalue weighted by atomic mass is 16.8. The number of carbonyl (C=O) groups is 2. The van der Waals surface area contributed by atoms with E-state index in [4.69, 9.17) is 23.4 Å². The second-order valence-electron chi connectivity index (χ2n) is 7.23. The molecule has 1 heterocycles. The van der Waals surface area contributed by atoms with E-state index in [0.717, 1.165) is 51.4 Å². The standard InChI is InChI=1S/C22H36O7/c1-5-9-11-17(7-3)15-25-21(23)28-19-13-14-20(27-19)29-22(24)26-16-18(8-4)12-10-6-2/h13-14,17-18H,5-12,15-16H2,1-4H3. The summed E-state index contributed by atoms with van der Waals surface area (Å²) in [5, 5.41) is 0. The quantitative estimate of drug-likeness (QED) is 0.313. The predicted octanol–water partition coefficient (Wildman–Crippen LogP) is 6.74. The molecule has 7 nitrogen and oxygen atoms in total. The predicted molar refractivity (Wildman–Crippen MR) is 109 cm³/mol. The first-order valence-corrected chi connectivity index (χ1v) is 10.8. The largest absolute Gasteiger partial charge is 0.516 e. The second-order valence-corrected chi connectivity index (χ2v) is 7.23. The van der Waals surface area contributed by atoms with Crippen LogP contribution in [0, 0.1) is 11.8 Å². The smallest absolute Gasteiger partial charge is 0.434 e. The van der Waals surface area contributed by atoms with Gasteiger partial charge in [-0.25, -0.2) is 9.59 Å². The Kier molecular flexibility index (Phi) is 12.7. The van der Waals surface area contributed by atoms with Crippen LogP contribution in [0.4, 0.5) is 9.59 Å². The summed E-state index contributed by atoms with van der Waals surface area (Å²) in [5.74, 6) is 0.427. The van der Waals surface area contributed by atoms with Gasteiger partial charge < -0.3 is 23.4 Å². The van der Waals surface area contributed by atoms with Gasteiger partial charge in [0.2, 0.25) is 0 Å². The first-order chi connectivity index (χ1) is 14.0. The van der Waals surface area contributed by atoms with Crippen molar-refractivity contribution in [1.82, 2.24) is 0 Å². The molecule has 166 valence electrons. The number of furan rings is 1. The highest BCUT2D eigenvalue weighted by molar-refractivity contribution is 5.64. The molecule has 1 rings (SSSR count). The van der Waals surface area contributed by atoms with Gasteiger partial charge in [-0.3, -0.25) is 0 Å². The Bertz CT molecular complexity index is 533. The highest BCUT2D eigenvalue weighted by Crippen LogP contribution is 2.24. The number of hydrogen-bond acceptors (Lipinski definition) is 7. The van der Waals surface area contributed by atoms with E-state index < -0.39 is 12.3 Å². The molecule has 7 heteroatoms. The molecule has 29 heavy (non-hydrogen) atoms. The van der Waals surface area contributed by atoms with Crippen molar-refractivity contribution in [2.45, 2.75) is 79.1 Å². The van der Waals surface area contributed by atoms with Gasteiger partial charge in [0.05, 0.1) is 13.2 Å². The van der Waals surface area contributed by atoms with Gasteiger partial charge >= 0.3 is 12.3 Å². The zero-order valence-corrected chi connectivity index (χ0v) is 18.2. The number of unbranched alkanes of at least 4 members (excludes halogenated alkanes) is 2. The lowest BCUT2D eigenvalue weighted by atomic mass is 10.0. The maximum Gasteiger partial charge on any atom is 0.516 e. The summed E-state index contributed by atoms with van der Waals surface area (Å²) in [7, 11) is 0. The zero-order chi connectivity index (χ0) is 21.5. The molecule has 0 radical (unpaired) electrons. The Morgan fingerprint density at radius 1 is 0.793 bits per heavy atom. The van der Waals surface area contributed by atoms with Crippen LogP contribution in [0.25, 0.3) is 0 Å². The SMILES string of the molecule is CCCCC(CC)COC(=O)Oc1ccc(OC(=O)OCC(CC)CCCC)o1. The van der Waals surface area contributed by atoms with Gasteiger partial charge in [0.25, 0.3) is 11.9 Å². The summed E-state index contributed by atoms with van der Waals surface area (Å²) in [6.45, 7) is 9.00. The molecular formula is C22H36O7. The van der Waals surface area contributed by atoms with Gasteiger partial charge in [0, 0.05) is 12.1 Å². The van der Waals surface area contributed by atoms with E-state index in [9.17, 15) is 9.59 Å². The van der Waals surface area contributed by atoms with E-state index in [1.807, 2.05) is 0 Å². The van der Waals surface area contributed by atoms with Crippen molar-refractivity contribution in [2.24, 2.45) is 11.8 Å². The normalized spacial score (nSPS) is 12.8. The van der Waals surface area contributed by atoms with Crippen molar-refractivity contribution < 1.29 is 33.0 Å². The van der Waals surface area contributed by atoms with Gasteiger partial charge in [0.15, 0.2) is 0 Å². The number of carbonyl (C=O) groups excluding carboxylic acids is 2. The minimum Gasteiger partial charge on any atom is -0.434 e. The van der Waals surface area contributed by atoms with Crippen LogP contribution < -0.4 is 9.47 Å². The summed E-state index contributed by atoms with van der Waals surface area (Å²) < 4.78 is 25.4. The Hall–Kier alpha value is -2.18. The van der Waals surface area contributed by atoms with Gasteiger partial charge in [-0.2, -0.15) is 0 Å². The minimum atomic E-state index is -0.842. The van der Waals surface area contributed by atoms with E-state index in [1.165, 1.54) is 12.1 Å². The third-order valence-electron chi connectivity index (χ3n) is 4.88.